The van der Waals surface area contributed by atoms with Crippen LogP contribution in [-0.2, 0) is 13.0 Å². The van der Waals surface area contributed by atoms with Gasteiger partial charge in [0.2, 0.25) is 0 Å². The summed E-state index contributed by atoms with van der Waals surface area (Å²) in [7, 11) is 0. The van der Waals surface area contributed by atoms with Gasteiger partial charge < -0.3 is 5.11 Å². The highest BCUT2D eigenvalue weighted by atomic mass is 35.5. The number of rotatable bonds is 3. The Morgan fingerprint density at radius 3 is 2.95 bits per heavy atom. The van der Waals surface area contributed by atoms with Gasteiger partial charge in [-0.3, -0.25) is 4.90 Å². The fourth-order valence-corrected chi connectivity index (χ4v) is 3.84. The van der Waals surface area contributed by atoms with Crippen LogP contribution in [0, 0.1) is 0 Å². The molecule has 2 nitrogen and oxygen atoms in total. The van der Waals surface area contributed by atoms with Gasteiger partial charge in [0.15, 0.2) is 0 Å². The molecule has 1 aromatic heterocycles. The molecule has 0 saturated carbocycles. The Balaban J connectivity index is 1.86. The number of nitrogens with zero attached hydrogens (tertiary/aromatic N) is 1. The van der Waals surface area contributed by atoms with E-state index in [2.05, 4.69) is 16.3 Å². The maximum atomic E-state index is 9.76. The third kappa shape index (κ3) is 2.56. The van der Waals surface area contributed by atoms with Gasteiger partial charge in [0, 0.05) is 23.0 Å². The van der Waals surface area contributed by atoms with Gasteiger partial charge in [0.25, 0.3) is 0 Å². The van der Waals surface area contributed by atoms with Crippen molar-refractivity contribution in [1.82, 2.24) is 4.90 Å². The molecule has 2 heterocycles. The molecular weight excluding hydrogens is 278 g/mol. The molecule has 0 bridgehead atoms. The first-order valence-corrected chi connectivity index (χ1v) is 7.70. The van der Waals surface area contributed by atoms with Gasteiger partial charge in [-0.05, 0) is 35.1 Å². The first-order chi connectivity index (χ1) is 9.29. The smallest absolute Gasteiger partial charge is 0.0629 e. The second-order valence-electron chi connectivity index (χ2n) is 4.81. The fourth-order valence-electron chi connectivity index (χ4n) is 2.69. The van der Waals surface area contributed by atoms with E-state index in [-0.39, 0.29) is 12.6 Å². The molecule has 1 N–H and O–H groups in total. The van der Waals surface area contributed by atoms with Crippen molar-refractivity contribution in [3.63, 3.8) is 0 Å². The van der Waals surface area contributed by atoms with Gasteiger partial charge in [-0.15, -0.1) is 11.3 Å². The minimum atomic E-state index is -0.0123. The van der Waals surface area contributed by atoms with Crippen LogP contribution in [0.1, 0.15) is 22.0 Å². The molecule has 100 valence electrons. The summed E-state index contributed by atoms with van der Waals surface area (Å²) in [5.41, 5.74) is 2.41. The van der Waals surface area contributed by atoms with E-state index in [4.69, 9.17) is 11.6 Å². The van der Waals surface area contributed by atoms with E-state index < -0.39 is 0 Å². The highest BCUT2D eigenvalue weighted by molar-refractivity contribution is 7.10. The minimum absolute atomic E-state index is 0.0123. The third-order valence-electron chi connectivity index (χ3n) is 3.72. The molecule has 1 unspecified atom stereocenters. The van der Waals surface area contributed by atoms with E-state index >= 15 is 0 Å². The Kier molecular flexibility index (Phi) is 3.89. The molecule has 4 heteroatoms. The summed E-state index contributed by atoms with van der Waals surface area (Å²) in [5, 5.41) is 12.6. The van der Waals surface area contributed by atoms with Gasteiger partial charge in [0.1, 0.15) is 0 Å². The number of thiophene rings is 1. The Morgan fingerprint density at radius 1 is 1.32 bits per heavy atom. The van der Waals surface area contributed by atoms with E-state index in [1.54, 1.807) is 0 Å². The zero-order chi connectivity index (χ0) is 13.2. The van der Waals surface area contributed by atoms with Crippen LogP contribution in [-0.4, -0.2) is 23.2 Å². The Bertz CT molecular complexity index is 569. The van der Waals surface area contributed by atoms with Gasteiger partial charge >= 0.3 is 0 Å². The molecule has 1 atom stereocenters. The maximum Gasteiger partial charge on any atom is 0.0629 e. The van der Waals surface area contributed by atoms with Crippen LogP contribution in [0.5, 0.6) is 0 Å². The van der Waals surface area contributed by atoms with Crippen LogP contribution in [0.4, 0.5) is 0 Å². The quantitative estimate of drug-likeness (QED) is 0.936. The van der Waals surface area contributed by atoms with Crippen molar-refractivity contribution in [3.05, 3.63) is 56.7 Å². The van der Waals surface area contributed by atoms with Crippen molar-refractivity contribution < 1.29 is 5.11 Å². The molecular formula is C15H16ClNOS. The van der Waals surface area contributed by atoms with Crippen molar-refractivity contribution in [1.29, 1.82) is 0 Å². The second-order valence-corrected chi connectivity index (χ2v) is 6.22. The highest BCUT2D eigenvalue weighted by Crippen LogP contribution is 2.32. The fraction of sp³-hybridized carbons (Fsp3) is 0.333. The normalized spacial score (nSPS) is 17.2. The molecule has 1 aliphatic heterocycles. The lowest BCUT2D eigenvalue weighted by Gasteiger charge is -2.34. The summed E-state index contributed by atoms with van der Waals surface area (Å²) in [6.45, 7) is 1.97. The zero-order valence-electron chi connectivity index (χ0n) is 10.6. The molecule has 2 aromatic rings. The van der Waals surface area contributed by atoms with E-state index in [0.717, 1.165) is 30.1 Å². The number of halogens is 1. The SMILES string of the molecule is OCC(c1ccccc1Cl)N1CCc2sccc2C1. The molecule has 0 fully saturated rings. The van der Waals surface area contributed by atoms with Crippen LogP contribution in [0.3, 0.4) is 0 Å². The van der Waals surface area contributed by atoms with Gasteiger partial charge in [-0.25, -0.2) is 0 Å². The van der Waals surface area contributed by atoms with Gasteiger partial charge in [0.05, 0.1) is 12.6 Å². The average molecular weight is 294 g/mol. The molecule has 0 spiro atoms. The largest absolute Gasteiger partial charge is 0.394 e. The molecule has 19 heavy (non-hydrogen) atoms. The topological polar surface area (TPSA) is 23.5 Å². The third-order valence-corrected chi connectivity index (χ3v) is 5.08. The number of hydrogen-bond donors (Lipinski definition) is 1. The molecule has 3 rings (SSSR count). The predicted molar refractivity (Wildman–Crippen MR) is 79.7 cm³/mol. The van der Waals surface area contributed by atoms with Crippen LogP contribution in [0.25, 0.3) is 0 Å². The number of benzene rings is 1. The van der Waals surface area contributed by atoms with Gasteiger partial charge in [-0.1, -0.05) is 29.8 Å². The van der Waals surface area contributed by atoms with Crippen LogP contribution >= 0.6 is 22.9 Å². The molecule has 0 radical (unpaired) electrons. The van der Waals surface area contributed by atoms with E-state index in [1.807, 2.05) is 35.6 Å². The number of aliphatic hydroxyl groups excluding tert-OH is 1. The molecule has 1 aliphatic rings. The number of hydrogen-bond acceptors (Lipinski definition) is 3. The van der Waals surface area contributed by atoms with Crippen LogP contribution < -0.4 is 0 Å². The molecule has 0 amide bonds. The Morgan fingerprint density at radius 2 is 2.16 bits per heavy atom. The van der Waals surface area contributed by atoms with Crippen molar-refractivity contribution in [3.8, 4) is 0 Å². The lowest BCUT2D eigenvalue weighted by molar-refractivity contribution is 0.112. The second kappa shape index (κ2) is 5.63. The molecule has 0 saturated heterocycles. The first kappa shape index (κ1) is 13.1. The standard InChI is InChI=1S/C15H16ClNOS/c16-13-4-2-1-3-12(13)14(10-18)17-7-5-15-11(9-17)6-8-19-15/h1-4,6,8,14,18H,5,7,9-10H2. The summed E-state index contributed by atoms with van der Waals surface area (Å²) < 4.78 is 0. The summed E-state index contributed by atoms with van der Waals surface area (Å²) in [6, 6.07) is 9.97. The lowest BCUT2D eigenvalue weighted by Crippen LogP contribution is -2.35. The zero-order valence-corrected chi connectivity index (χ0v) is 12.1. The highest BCUT2D eigenvalue weighted by Gasteiger charge is 2.26. The van der Waals surface area contributed by atoms with Crippen molar-refractivity contribution in [2.24, 2.45) is 0 Å². The van der Waals surface area contributed by atoms with E-state index in [1.165, 1.54) is 10.4 Å². The Labute approximate surface area is 122 Å². The van der Waals surface area contributed by atoms with Crippen molar-refractivity contribution in [2.45, 2.75) is 19.0 Å². The maximum absolute atomic E-state index is 9.76. The number of fused-ring (bicyclic) bond motifs is 1. The summed E-state index contributed by atoms with van der Waals surface area (Å²) in [6.07, 6.45) is 1.06. The van der Waals surface area contributed by atoms with Crippen molar-refractivity contribution in [2.75, 3.05) is 13.2 Å². The Hall–Kier alpha value is -0.870. The molecule has 0 aliphatic carbocycles. The van der Waals surface area contributed by atoms with Crippen molar-refractivity contribution >= 4 is 22.9 Å². The van der Waals surface area contributed by atoms with E-state index in [0.29, 0.717) is 0 Å². The van der Waals surface area contributed by atoms with Crippen LogP contribution in [0.2, 0.25) is 5.02 Å². The van der Waals surface area contributed by atoms with Crippen LogP contribution in [0.15, 0.2) is 35.7 Å². The summed E-state index contributed by atoms with van der Waals surface area (Å²) in [5.74, 6) is 0. The summed E-state index contributed by atoms with van der Waals surface area (Å²) >= 11 is 8.09. The first-order valence-electron chi connectivity index (χ1n) is 6.44. The predicted octanol–water partition coefficient (Wildman–Crippen LogP) is 3.49. The lowest BCUT2D eigenvalue weighted by atomic mass is 10.0. The van der Waals surface area contributed by atoms with E-state index in [9.17, 15) is 5.11 Å². The average Bonchev–Trinajstić information content (AvgIpc) is 2.89. The number of aliphatic hydroxyl groups is 1. The monoisotopic (exact) mass is 293 g/mol. The minimum Gasteiger partial charge on any atom is -0.394 e. The summed E-state index contributed by atoms with van der Waals surface area (Å²) in [4.78, 5) is 3.79. The van der Waals surface area contributed by atoms with Gasteiger partial charge in [-0.2, -0.15) is 0 Å². The molecule has 1 aromatic carbocycles.